The summed E-state index contributed by atoms with van der Waals surface area (Å²) in [6.07, 6.45) is 4.91. The zero-order valence-corrected chi connectivity index (χ0v) is 10.7. The minimum atomic E-state index is 0.390. The molecule has 0 atom stereocenters. The van der Waals surface area contributed by atoms with E-state index < -0.39 is 0 Å². The van der Waals surface area contributed by atoms with Crippen LogP contribution in [0.5, 0.6) is 0 Å². The Balaban J connectivity index is 1.92. The molecule has 3 rings (SSSR count). The molecule has 0 saturated heterocycles. The maximum absolute atomic E-state index is 11.2. The number of ketones is 1. The fourth-order valence-electron chi connectivity index (χ4n) is 2.24. The van der Waals surface area contributed by atoms with Gasteiger partial charge in [0.25, 0.3) is 0 Å². The van der Waals surface area contributed by atoms with Crippen molar-refractivity contribution >= 4 is 39.1 Å². The third kappa shape index (κ3) is 2.19. The third-order valence-electron chi connectivity index (χ3n) is 3.18. The number of nitrogens with zero attached hydrogens (tertiary/aromatic N) is 2. The van der Waals surface area contributed by atoms with Crippen molar-refractivity contribution in [1.82, 2.24) is 9.97 Å². The molecule has 1 saturated carbocycles. The van der Waals surface area contributed by atoms with Gasteiger partial charge in [0, 0.05) is 17.7 Å². The number of carbonyl (C=O) groups excluding carboxylic acids is 1. The molecule has 0 N–H and O–H groups in total. The van der Waals surface area contributed by atoms with Gasteiger partial charge in [-0.2, -0.15) is 0 Å². The molecule has 2 heterocycles. The average Bonchev–Trinajstić information content (AvgIpc) is 2.72. The molecule has 0 unspecified atom stereocenters. The van der Waals surface area contributed by atoms with Gasteiger partial charge in [0.2, 0.25) is 0 Å². The maximum atomic E-state index is 11.2. The lowest BCUT2D eigenvalue weighted by molar-refractivity contribution is -0.120. The lowest BCUT2D eigenvalue weighted by Gasteiger charge is -2.18. The van der Waals surface area contributed by atoms with E-state index in [9.17, 15) is 4.79 Å². The summed E-state index contributed by atoms with van der Waals surface area (Å²) in [7, 11) is 0. The van der Waals surface area contributed by atoms with Crippen LogP contribution in [0.1, 0.15) is 36.5 Å². The SMILES string of the molecule is O=C1CCC(c2cc3ncc(Cl)nc3s2)CC1. The molecule has 1 fully saturated rings. The van der Waals surface area contributed by atoms with Gasteiger partial charge in [-0.05, 0) is 24.8 Å². The molecule has 0 bridgehead atoms. The quantitative estimate of drug-likeness (QED) is 0.792. The van der Waals surface area contributed by atoms with Gasteiger partial charge >= 0.3 is 0 Å². The first-order valence-corrected chi connectivity index (χ1v) is 6.85. The summed E-state index contributed by atoms with van der Waals surface area (Å²) in [5.41, 5.74) is 0.909. The molecule has 0 spiro atoms. The second-order valence-corrected chi connectivity index (χ2v) is 5.79. The molecule has 3 nitrogen and oxygen atoms in total. The van der Waals surface area contributed by atoms with Gasteiger partial charge in [0.15, 0.2) is 0 Å². The third-order valence-corrected chi connectivity index (χ3v) is 4.54. The van der Waals surface area contributed by atoms with E-state index in [0.29, 0.717) is 29.7 Å². The van der Waals surface area contributed by atoms with Crippen molar-refractivity contribution < 1.29 is 4.79 Å². The van der Waals surface area contributed by atoms with Gasteiger partial charge in [-0.15, -0.1) is 11.3 Å². The Kier molecular flexibility index (Phi) is 2.84. The monoisotopic (exact) mass is 266 g/mol. The van der Waals surface area contributed by atoms with Crippen molar-refractivity contribution in [1.29, 1.82) is 0 Å². The highest BCUT2D eigenvalue weighted by Gasteiger charge is 2.22. The Labute approximate surface area is 108 Å². The summed E-state index contributed by atoms with van der Waals surface area (Å²) < 4.78 is 0. The maximum Gasteiger partial charge on any atom is 0.149 e. The Morgan fingerprint density at radius 2 is 2.12 bits per heavy atom. The topological polar surface area (TPSA) is 42.9 Å². The number of fused-ring (bicyclic) bond motifs is 1. The fourth-order valence-corrected chi connectivity index (χ4v) is 3.58. The van der Waals surface area contributed by atoms with Crippen molar-refractivity contribution in [2.45, 2.75) is 31.6 Å². The first kappa shape index (κ1) is 11.1. The summed E-state index contributed by atoms with van der Waals surface area (Å²) in [6.45, 7) is 0. The molecule has 5 heteroatoms. The summed E-state index contributed by atoms with van der Waals surface area (Å²) in [6, 6.07) is 2.09. The van der Waals surface area contributed by atoms with Gasteiger partial charge in [-0.3, -0.25) is 9.78 Å². The van der Waals surface area contributed by atoms with Crippen molar-refractivity contribution in [2.75, 3.05) is 0 Å². The molecule has 2 aromatic rings. The number of aromatic nitrogens is 2. The van der Waals surface area contributed by atoms with Crippen LogP contribution < -0.4 is 0 Å². The first-order valence-electron chi connectivity index (χ1n) is 5.66. The smallest absolute Gasteiger partial charge is 0.149 e. The minimum Gasteiger partial charge on any atom is -0.300 e. The minimum absolute atomic E-state index is 0.390. The zero-order valence-electron chi connectivity index (χ0n) is 9.15. The second-order valence-electron chi connectivity index (χ2n) is 4.34. The molecular weight excluding hydrogens is 256 g/mol. The lowest BCUT2D eigenvalue weighted by Crippen LogP contribution is -2.11. The van der Waals surface area contributed by atoms with Crippen molar-refractivity contribution in [3.05, 3.63) is 22.3 Å². The largest absolute Gasteiger partial charge is 0.300 e. The number of carbonyl (C=O) groups is 1. The van der Waals surface area contributed by atoms with Crippen LogP contribution in [0.15, 0.2) is 12.3 Å². The van der Waals surface area contributed by atoms with Crippen LogP contribution in [-0.4, -0.2) is 15.8 Å². The van der Waals surface area contributed by atoms with E-state index >= 15 is 0 Å². The summed E-state index contributed by atoms with van der Waals surface area (Å²) in [5.74, 6) is 0.883. The van der Waals surface area contributed by atoms with Crippen LogP contribution in [0, 0.1) is 0 Å². The molecule has 88 valence electrons. The van der Waals surface area contributed by atoms with Crippen LogP contribution in [-0.2, 0) is 4.79 Å². The van der Waals surface area contributed by atoms with Crippen LogP contribution >= 0.6 is 22.9 Å². The molecular formula is C12H11ClN2OS. The number of thiophene rings is 1. The Bertz CT molecular complexity index is 571. The van der Waals surface area contributed by atoms with Crippen molar-refractivity contribution in [2.24, 2.45) is 0 Å². The summed E-state index contributed by atoms with van der Waals surface area (Å²) in [5, 5.41) is 0.435. The predicted octanol–water partition coefficient (Wildman–Crippen LogP) is 3.57. The molecule has 0 radical (unpaired) electrons. The molecule has 2 aromatic heterocycles. The molecule has 17 heavy (non-hydrogen) atoms. The van der Waals surface area contributed by atoms with Crippen LogP contribution in [0.3, 0.4) is 0 Å². The van der Waals surface area contributed by atoms with Crippen molar-refractivity contribution in [3.8, 4) is 0 Å². The van der Waals surface area contributed by atoms with E-state index in [1.807, 2.05) is 0 Å². The molecule has 0 aromatic carbocycles. The van der Waals surface area contributed by atoms with E-state index in [4.69, 9.17) is 11.6 Å². The number of Topliss-reactive ketones (excluding diaryl/α,β-unsaturated/α-hetero) is 1. The highest BCUT2D eigenvalue weighted by Crippen LogP contribution is 2.37. The number of hydrogen-bond donors (Lipinski definition) is 0. The standard InChI is InChI=1S/C12H11ClN2OS/c13-11-6-14-9-5-10(17-12(9)15-11)7-1-3-8(16)4-2-7/h5-7H,1-4H2. The number of hydrogen-bond acceptors (Lipinski definition) is 4. The van der Waals surface area contributed by atoms with E-state index in [2.05, 4.69) is 16.0 Å². The fraction of sp³-hybridized carbons (Fsp3) is 0.417. The van der Waals surface area contributed by atoms with Crippen LogP contribution in [0.4, 0.5) is 0 Å². The van der Waals surface area contributed by atoms with Crippen LogP contribution in [0.25, 0.3) is 10.3 Å². The number of rotatable bonds is 1. The summed E-state index contributed by atoms with van der Waals surface area (Å²) >= 11 is 7.47. The summed E-state index contributed by atoms with van der Waals surface area (Å²) in [4.78, 5) is 21.9. The normalized spacial score (nSPS) is 17.8. The van der Waals surface area contributed by atoms with Gasteiger partial charge in [-0.1, -0.05) is 11.6 Å². The van der Waals surface area contributed by atoms with E-state index in [1.165, 1.54) is 4.88 Å². The first-order chi connectivity index (χ1) is 8.22. The highest BCUT2D eigenvalue weighted by atomic mass is 35.5. The van der Waals surface area contributed by atoms with Gasteiger partial charge in [0.05, 0.1) is 6.20 Å². The van der Waals surface area contributed by atoms with Crippen molar-refractivity contribution in [3.63, 3.8) is 0 Å². The van der Waals surface area contributed by atoms with Gasteiger partial charge in [0.1, 0.15) is 21.3 Å². The van der Waals surface area contributed by atoms with E-state index in [-0.39, 0.29) is 0 Å². The molecule has 1 aliphatic carbocycles. The highest BCUT2D eigenvalue weighted by molar-refractivity contribution is 7.18. The number of halogens is 1. The Morgan fingerprint density at radius 3 is 2.88 bits per heavy atom. The zero-order chi connectivity index (χ0) is 11.8. The van der Waals surface area contributed by atoms with Gasteiger partial charge in [-0.25, -0.2) is 4.98 Å². The lowest BCUT2D eigenvalue weighted by atomic mass is 9.87. The molecule has 1 aliphatic rings. The van der Waals surface area contributed by atoms with E-state index in [1.54, 1.807) is 17.5 Å². The molecule has 0 amide bonds. The second kappa shape index (κ2) is 4.35. The van der Waals surface area contributed by atoms with E-state index in [0.717, 1.165) is 23.2 Å². The Hall–Kier alpha value is -1.00. The van der Waals surface area contributed by atoms with Gasteiger partial charge < -0.3 is 0 Å². The predicted molar refractivity (Wildman–Crippen MR) is 68.6 cm³/mol. The molecule has 0 aliphatic heterocycles. The Morgan fingerprint density at radius 1 is 1.35 bits per heavy atom. The average molecular weight is 267 g/mol. The van der Waals surface area contributed by atoms with Crippen LogP contribution in [0.2, 0.25) is 5.15 Å².